The molecule has 2 unspecified atom stereocenters. The number of rotatable bonds is 5. The van der Waals surface area contributed by atoms with Crippen molar-refractivity contribution in [3.05, 3.63) is 15.9 Å². The molecular formula is C14H22Br2N2O. The summed E-state index contributed by atoms with van der Waals surface area (Å²) in [5.74, 6) is 0. The van der Waals surface area contributed by atoms with Gasteiger partial charge in [-0.25, -0.2) is 0 Å². The zero-order chi connectivity index (χ0) is 14.0. The van der Waals surface area contributed by atoms with Gasteiger partial charge >= 0.3 is 0 Å². The summed E-state index contributed by atoms with van der Waals surface area (Å²) in [5, 5.41) is 5.67. The van der Waals surface area contributed by atoms with E-state index in [1.54, 1.807) is 0 Å². The number of aryl methyl sites for hydroxylation is 2. The van der Waals surface area contributed by atoms with E-state index in [9.17, 15) is 0 Å². The molecule has 2 heterocycles. The molecule has 0 saturated carbocycles. The standard InChI is InChI=1S/C14H22Br2N2O/c1-4-11-13(16)12(18(5-2)17-11)8-14(9-15)6-7-19-10(14)3/h10H,4-9H2,1-3H3. The van der Waals surface area contributed by atoms with E-state index in [4.69, 9.17) is 9.84 Å². The van der Waals surface area contributed by atoms with Gasteiger partial charge in [-0.05, 0) is 49.0 Å². The van der Waals surface area contributed by atoms with Gasteiger partial charge in [-0.15, -0.1) is 0 Å². The van der Waals surface area contributed by atoms with Crippen molar-refractivity contribution in [2.45, 2.75) is 52.7 Å². The molecular weight excluding hydrogens is 372 g/mol. The maximum absolute atomic E-state index is 5.80. The second kappa shape index (κ2) is 6.27. The molecule has 108 valence electrons. The number of halogens is 2. The van der Waals surface area contributed by atoms with Crippen molar-refractivity contribution in [3.8, 4) is 0 Å². The Morgan fingerprint density at radius 2 is 2.21 bits per heavy atom. The molecule has 1 aliphatic heterocycles. The number of nitrogens with zero attached hydrogens (tertiary/aromatic N) is 2. The molecule has 0 amide bonds. The maximum atomic E-state index is 5.80. The Morgan fingerprint density at radius 3 is 2.68 bits per heavy atom. The van der Waals surface area contributed by atoms with Crippen molar-refractivity contribution < 1.29 is 4.74 Å². The van der Waals surface area contributed by atoms with E-state index < -0.39 is 0 Å². The lowest BCUT2D eigenvalue weighted by atomic mass is 9.79. The van der Waals surface area contributed by atoms with Crippen LogP contribution in [0.2, 0.25) is 0 Å². The molecule has 0 N–H and O–H groups in total. The molecule has 2 rings (SSSR count). The molecule has 1 fully saturated rings. The zero-order valence-electron chi connectivity index (χ0n) is 11.9. The Labute approximate surface area is 132 Å². The second-order valence-electron chi connectivity index (χ2n) is 5.31. The topological polar surface area (TPSA) is 27.1 Å². The van der Waals surface area contributed by atoms with Crippen molar-refractivity contribution >= 4 is 31.9 Å². The third kappa shape index (κ3) is 2.79. The summed E-state index contributed by atoms with van der Waals surface area (Å²) in [7, 11) is 0. The Balaban J connectivity index is 2.34. The first-order chi connectivity index (χ1) is 9.07. The van der Waals surface area contributed by atoms with Crippen LogP contribution >= 0.6 is 31.9 Å². The molecule has 0 aromatic carbocycles. The fourth-order valence-corrected chi connectivity index (χ4v) is 4.43. The van der Waals surface area contributed by atoms with Crippen LogP contribution in [0.3, 0.4) is 0 Å². The van der Waals surface area contributed by atoms with Crippen LogP contribution in [0.5, 0.6) is 0 Å². The van der Waals surface area contributed by atoms with Gasteiger partial charge in [0.25, 0.3) is 0 Å². The van der Waals surface area contributed by atoms with Gasteiger partial charge in [0, 0.05) is 23.9 Å². The first-order valence-electron chi connectivity index (χ1n) is 6.99. The van der Waals surface area contributed by atoms with Crippen LogP contribution < -0.4 is 0 Å². The van der Waals surface area contributed by atoms with Crippen molar-refractivity contribution in [1.29, 1.82) is 0 Å². The molecule has 2 atom stereocenters. The predicted molar refractivity (Wildman–Crippen MR) is 84.9 cm³/mol. The van der Waals surface area contributed by atoms with Crippen LogP contribution in [0, 0.1) is 5.41 Å². The van der Waals surface area contributed by atoms with E-state index in [1.165, 1.54) is 10.2 Å². The van der Waals surface area contributed by atoms with E-state index in [-0.39, 0.29) is 5.41 Å². The number of hydrogen-bond donors (Lipinski definition) is 0. The SMILES string of the molecule is CCc1nn(CC)c(CC2(CBr)CCOC2C)c1Br. The minimum Gasteiger partial charge on any atom is -0.378 e. The summed E-state index contributed by atoms with van der Waals surface area (Å²) < 4.78 is 9.13. The number of alkyl halides is 1. The third-order valence-corrected chi connectivity index (χ3v) is 6.34. The first-order valence-corrected chi connectivity index (χ1v) is 8.91. The molecule has 0 aliphatic carbocycles. The highest BCUT2D eigenvalue weighted by Crippen LogP contribution is 2.41. The van der Waals surface area contributed by atoms with Gasteiger partial charge < -0.3 is 4.74 Å². The molecule has 3 nitrogen and oxygen atoms in total. The fraction of sp³-hybridized carbons (Fsp3) is 0.786. The van der Waals surface area contributed by atoms with Crippen LogP contribution in [0.25, 0.3) is 0 Å². The molecule has 5 heteroatoms. The normalized spacial score (nSPS) is 27.1. The van der Waals surface area contributed by atoms with Gasteiger partial charge in [0.05, 0.1) is 22.0 Å². The van der Waals surface area contributed by atoms with Crippen molar-refractivity contribution in [3.63, 3.8) is 0 Å². The highest BCUT2D eigenvalue weighted by atomic mass is 79.9. The minimum atomic E-state index is 0.195. The Bertz CT molecular complexity index is 447. The summed E-state index contributed by atoms with van der Waals surface area (Å²) in [5.41, 5.74) is 2.67. The summed E-state index contributed by atoms with van der Waals surface area (Å²) in [6.07, 6.45) is 3.39. The summed E-state index contributed by atoms with van der Waals surface area (Å²) in [4.78, 5) is 0. The van der Waals surface area contributed by atoms with Crippen LogP contribution in [-0.2, 0) is 24.1 Å². The predicted octanol–water partition coefficient (Wildman–Crippen LogP) is 3.96. The number of hydrogen-bond acceptors (Lipinski definition) is 2. The minimum absolute atomic E-state index is 0.195. The average Bonchev–Trinajstić information content (AvgIpc) is 2.93. The molecule has 1 saturated heterocycles. The van der Waals surface area contributed by atoms with E-state index in [0.717, 1.165) is 43.4 Å². The second-order valence-corrected chi connectivity index (χ2v) is 6.67. The largest absolute Gasteiger partial charge is 0.378 e. The highest BCUT2D eigenvalue weighted by Gasteiger charge is 2.42. The Kier molecular flexibility index (Phi) is 5.12. The van der Waals surface area contributed by atoms with Gasteiger partial charge in [-0.1, -0.05) is 22.9 Å². The monoisotopic (exact) mass is 392 g/mol. The van der Waals surface area contributed by atoms with Crippen LogP contribution in [-0.4, -0.2) is 27.8 Å². The summed E-state index contributed by atoms with van der Waals surface area (Å²) in [6, 6.07) is 0. The Morgan fingerprint density at radius 1 is 1.47 bits per heavy atom. The van der Waals surface area contributed by atoms with Gasteiger partial charge in [-0.3, -0.25) is 4.68 Å². The van der Waals surface area contributed by atoms with Crippen LogP contribution in [0.15, 0.2) is 4.47 Å². The fourth-order valence-electron chi connectivity index (χ4n) is 2.79. The average molecular weight is 394 g/mol. The van der Waals surface area contributed by atoms with E-state index in [0.29, 0.717) is 6.10 Å². The van der Waals surface area contributed by atoms with Crippen molar-refractivity contribution in [2.24, 2.45) is 5.41 Å². The maximum Gasteiger partial charge on any atom is 0.0766 e. The van der Waals surface area contributed by atoms with Crippen molar-refractivity contribution in [1.82, 2.24) is 9.78 Å². The molecule has 1 aromatic rings. The lowest BCUT2D eigenvalue weighted by molar-refractivity contribution is 0.0736. The quantitative estimate of drug-likeness (QED) is 0.708. The van der Waals surface area contributed by atoms with E-state index in [2.05, 4.69) is 57.3 Å². The van der Waals surface area contributed by atoms with Crippen LogP contribution in [0.4, 0.5) is 0 Å². The third-order valence-electron chi connectivity index (χ3n) is 4.31. The van der Waals surface area contributed by atoms with Gasteiger partial charge in [0.15, 0.2) is 0 Å². The molecule has 1 aliphatic rings. The molecule has 0 bridgehead atoms. The number of ether oxygens (including phenoxy) is 1. The zero-order valence-corrected chi connectivity index (χ0v) is 15.1. The van der Waals surface area contributed by atoms with Crippen molar-refractivity contribution in [2.75, 3.05) is 11.9 Å². The summed E-state index contributed by atoms with van der Waals surface area (Å²) in [6.45, 7) is 8.28. The van der Waals surface area contributed by atoms with Gasteiger partial charge in [-0.2, -0.15) is 5.10 Å². The smallest absolute Gasteiger partial charge is 0.0766 e. The summed E-state index contributed by atoms with van der Waals surface area (Å²) >= 11 is 7.45. The lowest BCUT2D eigenvalue weighted by Gasteiger charge is -2.30. The van der Waals surface area contributed by atoms with Gasteiger partial charge in [0.1, 0.15) is 0 Å². The molecule has 1 aromatic heterocycles. The molecule has 0 radical (unpaired) electrons. The molecule has 19 heavy (non-hydrogen) atoms. The molecule has 0 spiro atoms. The first kappa shape index (κ1) is 15.5. The highest BCUT2D eigenvalue weighted by molar-refractivity contribution is 9.10. The number of aromatic nitrogens is 2. The Hall–Kier alpha value is 0.130. The van der Waals surface area contributed by atoms with Crippen LogP contribution in [0.1, 0.15) is 38.6 Å². The van der Waals surface area contributed by atoms with Gasteiger partial charge in [0.2, 0.25) is 0 Å². The van der Waals surface area contributed by atoms with E-state index in [1.807, 2.05) is 0 Å². The lowest BCUT2D eigenvalue weighted by Crippen LogP contribution is -2.34. The van der Waals surface area contributed by atoms with E-state index >= 15 is 0 Å².